The highest BCUT2D eigenvalue weighted by Crippen LogP contribution is 2.30. The summed E-state index contributed by atoms with van der Waals surface area (Å²) in [6.07, 6.45) is 3.17. The fraction of sp³-hybridized carbons (Fsp3) is 0.294. The average Bonchev–Trinajstić information content (AvgIpc) is 2.89. The predicted molar refractivity (Wildman–Crippen MR) is 88.1 cm³/mol. The highest BCUT2D eigenvalue weighted by Gasteiger charge is 2.19. The molecule has 2 N–H and O–H groups in total. The van der Waals surface area contributed by atoms with Crippen LogP contribution in [0, 0.1) is 13.8 Å². The van der Waals surface area contributed by atoms with Gasteiger partial charge in [-0.1, -0.05) is 18.3 Å². The summed E-state index contributed by atoms with van der Waals surface area (Å²) in [5.41, 5.74) is 11.3. The first-order chi connectivity index (χ1) is 10.0. The average molecular weight is 298 g/mol. The van der Waals surface area contributed by atoms with E-state index >= 15 is 0 Å². The summed E-state index contributed by atoms with van der Waals surface area (Å²) >= 11 is 5.14. The molecule has 2 aromatic rings. The molecule has 3 nitrogen and oxygen atoms in total. The van der Waals surface area contributed by atoms with E-state index in [0.717, 1.165) is 36.3 Å². The van der Waals surface area contributed by atoms with Gasteiger partial charge in [-0.2, -0.15) is 0 Å². The molecular formula is C17H18N2OS. The Kier molecular flexibility index (Phi) is 3.64. The van der Waals surface area contributed by atoms with Crippen molar-refractivity contribution in [2.75, 3.05) is 0 Å². The Morgan fingerprint density at radius 1 is 1.19 bits per heavy atom. The third kappa shape index (κ3) is 2.76. The molecule has 1 aliphatic carbocycles. The number of pyridine rings is 1. The first kappa shape index (κ1) is 14.0. The van der Waals surface area contributed by atoms with Gasteiger partial charge in [0.1, 0.15) is 10.7 Å². The Hall–Kier alpha value is -1.94. The molecule has 0 saturated heterocycles. The van der Waals surface area contributed by atoms with E-state index in [-0.39, 0.29) is 0 Å². The third-order valence-corrected chi connectivity index (χ3v) is 4.19. The molecular weight excluding hydrogens is 280 g/mol. The summed E-state index contributed by atoms with van der Waals surface area (Å²) < 4.78 is 5.95. The summed E-state index contributed by atoms with van der Waals surface area (Å²) in [7, 11) is 0. The Morgan fingerprint density at radius 2 is 2.00 bits per heavy atom. The number of aryl methyl sites for hydroxylation is 4. The van der Waals surface area contributed by atoms with Crippen LogP contribution in [0.25, 0.3) is 0 Å². The Morgan fingerprint density at radius 3 is 2.71 bits per heavy atom. The molecule has 1 heterocycles. The summed E-state index contributed by atoms with van der Waals surface area (Å²) in [6, 6.07) is 8.03. The number of nitrogens with two attached hydrogens (primary N) is 1. The van der Waals surface area contributed by atoms with Gasteiger partial charge in [0.05, 0.1) is 5.56 Å². The zero-order valence-corrected chi connectivity index (χ0v) is 13.1. The van der Waals surface area contributed by atoms with Crippen molar-refractivity contribution in [1.29, 1.82) is 0 Å². The number of aromatic nitrogens is 1. The number of hydrogen-bond donors (Lipinski definition) is 1. The van der Waals surface area contributed by atoms with E-state index < -0.39 is 0 Å². The topological polar surface area (TPSA) is 48.1 Å². The number of rotatable bonds is 3. The second-order valence-electron chi connectivity index (χ2n) is 5.51. The zero-order valence-electron chi connectivity index (χ0n) is 12.3. The molecule has 0 fully saturated rings. The van der Waals surface area contributed by atoms with Crippen LogP contribution >= 0.6 is 12.2 Å². The number of hydrogen-bond acceptors (Lipinski definition) is 3. The van der Waals surface area contributed by atoms with Crippen LogP contribution in [0.4, 0.5) is 0 Å². The van der Waals surface area contributed by atoms with Crippen molar-refractivity contribution in [3.05, 3.63) is 52.2 Å². The Balaban J connectivity index is 2.01. The molecule has 108 valence electrons. The van der Waals surface area contributed by atoms with Crippen LogP contribution < -0.4 is 10.5 Å². The molecule has 0 radical (unpaired) electrons. The molecule has 1 aromatic heterocycles. The minimum absolute atomic E-state index is 0.330. The minimum Gasteiger partial charge on any atom is -0.438 e. The van der Waals surface area contributed by atoms with E-state index in [4.69, 9.17) is 22.7 Å². The Bertz CT molecular complexity index is 725. The molecule has 0 saturated carbocycles. The van der Waals surface area contributed by atoms with Crippen LogP contribution in [0.15, 0.2) is 24.3 Å². The molecule has 1 aromatic carbocycles. The van der Waals surface area contributed by atoms with E-state index in [9.17, 15) is 0 Å². The largest absolute Gasteiger partial charge is 0.438 e. The number of ether oxygens (including phenoxy) is 1. The molecule has 1 aliphatic rings. The van der Waals surface area contributed by atoms with Crippen LogP contribution in [-0.4, -0.2) is 9.97 Å². The van der Waals surface area contributed by atoms with Crippen molar-refractivity contribution in [1.82, 2.24) is 4.98 Å². The first-order valence-electron chi connectivity index (χ1n) is 7.12. The Labute approximate surface area is 130 Å². The maximum absolute atomic E-state index is 5.95. The lowest BCUT2D eigenvalue weighted by Gasteiger charge is -2.12. The van der Waals surface area contributed by atoms with Crippen LogP contribution in [0.3, 0.4) is 0 Å². The quantitative estimate of drug-likeness (QED) is 0.879. The second kappa shape index (κ2) is 5.45. The van der Waals surface area contributed by atoms with Crippen LogP contribution in [0.2, 0.25) is 0 Å². The van der Waals surface area contributed by atoms with Crippen molar-refractivity contribution in [2.24, 2.45) is 5.73 Å². The molecule has 0 aliphatic heterocycles. The number of fused-ring (bicyclic) bond motifs is 1. The van der Waals surface area contributed by atoms with Gasteiger partial charge >= 0.3 is 0 Å². The van der Waals surface area contributed by atoms with Gasteiger partial charge in [-0.25, -0.2) is 4.98 Å². The lowest BCUT2D eigenvalue weighted by atomic mass is 10.1. The summed E-state index contributed by atoms with van der Waals surface area (Å²) in [5.74, 6) is 1.28. The minimum atomic E-state index is 0.330. The first-order valence-corrected chi connectivity index (χ1v) is 7.53. The zero-order chi connectivity index (χ0) is 15.0. The number of thiocarbonyl (C=S) groups is 1. The maximum atomic E-state index is 5.95. The van der Waals surface area contributed by atoms with E-state index in [1.807, 2.05) is 24.3 Å². The molecule has 0 unspecified atom stereocenters. The van der Waals surface area contributed by atoms with Crippen molar-refractivity contribution >= 4 is 17.2 Å². The number of benzene rings is 1. The SMILES string of the molecule is Cc1ccc(Oc2nc3c(cc2C(N)=S)CCC3)cc1C. The van der Waals surface area contributed by atoms with Crippen molar-refractivity contribution < 1.29 is 4.74 Å². The molecule has 4 heteroatoms. The van der Waals surface area contributed by atoms with Gasteiger partial charge in [0, 0.05) is 5.69 Å². The van der Waals surface area contributed by atoms with Gasteiger partial charge in [-0.15, -0.1) is 0 Å². The lowest BCUT2D eigenvalue weighted by molar-refractivity contribution is 0.459. The van der Waals surface area contributed by atoms with Gasteiger partial charge < -0.3 is 10.5 Å². The van der Waals surface area contributed by atoms with Crippen LogP contribution in [-0.2, 0) is 12.8 Å². The van der Waals surface area contributed by atoms with Gasteiger partial charge in [-0.05, 0) is 68.0 Å². The normalized spacial score (nSPS) is 13.0. The molecule has 3 rings (SSSR count). The highest BCUT2D eigenvalue weighted by molar-refractivity contribution is 7.80. The van der Waals surface area contributed by atoms with Gasteiger partial charge in [0.2, 0.25) is 5.88 Å². The lowest BCUT2D eigenvalue weighted by Crippen LogP contribution is -2.13. The summed E-state index contributed by atoms with van der Waals surface area (Å²) in [6.45, 7) is 4.14. The van der Waals surface area contributed by atoms with Crippen molar-refractivity contribution in [3.63, 3.8) is 0 Å². The van der Waals surface area contributed by atoms with Crippen molar-refractivity contribution in [2.45, 2.75) is 33.1 Å². The van der Waals surface area contributed by atoms with Crippen LogP contribution in [0.5, 0.6) is 11.6 Å². The molecule has 0 spiro atoms. The van der Waals surface area contributed by atoms with E-state index in [1.54, 1.807) is 0 Å². The molecule has 0 atom stereocenters. The van der Waals surface area contributed by atoms with E-state index in [0.29, 0.717) is 10.9 Å². The number of nitrogens with zero attached hydrogens (tertiary/aromatic N) is 1. The second-order valence-corrected chi connectivity index (χ2v) is 5.95. The van der Waals surface area contributed by atoms with Crippen LogP contribution in [0.1, 0.15) is 34.4 Å². The van der Waals surface area contributed by atoms with Crippen molar-refractivity contribution in [3.8, 4) is 11.6 Å². The third-order valence-electron chi connectivity index (χ3n) is 3.97. The summed E-state index contributed by atoms with van der Waals surface area (Å²) in [5, 5.41) is 0. The molecule has 21 heavy (non-hydrogen) atoms. The van der Waals surface area contributed by atoms with Gasteiger partial charge in [0.25, 0.3) is 0 Å². The van der Waals surface area contributed by atoms with E-state index in [1.165, 1.54) is 16.7 Å². The monoisotopic (exact) mass is 298 g/mol. The van der Waals surface area contributed by atoms with Gasteiger partial charge in [0.15, 0.2) is 0 Å². The predicted octanol–water partition coefficient (Wildman–Crippen LogP) is 3.61. The summed E-state index contributed by atoms with van der Waals surface area (Å²) in [4.78, 5) is 4.96. The highest BCUT2D eigenvalue weighted by atomic mass is 32.1. The standard InChI is InChI=1S/C17H18N2OS/c1-10-6-7-13(8-11(10)2)20-17-14(16(18)21)9-12-4-3-5-15(12)19-17/h6-9H,3-5H2,1-2H3,(H2,18,21). The fourth-order valence-corrected chi connectivity index (χ4v) is 2.74. The van der Waals surface area contributed by atoms with Gasteiger partial charge in [-0.3, -0.25) is 0 Å². The molecule has 0 bridgehead atoms. The fourth-order valence-electron chi connectivity index (χ4n) is 2.60. The molecule has 0 amide bonds. The maximum Gasteiger partial charge on any atom is 0.229 e. The van der Waals surface area contributed by atoms with E-state index in [2.05, 4.69) is 18.8 Å². The smallest absolute Gasteiger partial charge is 0.229 e.